The molecular formula is C17H20BrNO2. The first kappa shape index (κ1) is 14.8. The zero-order chi connectivity index (χ0) is 14.9. The fraction of sp³-hybridized carbons (Fsp3) is 0.588. The number of aliphatic imine (C=N–C) groups is 1. The number of hydrogen-bond acceptors (Lipinski definition) is 3. The summed E-state index contributed by atoms with van der Waals surface area (Å²) < 4.78 is 0.727. The number of fused-ring (bicyclic) bond motifs is 1. The van der Waals surface area contributed by atoms with Gasteiger partial charge in [-0.2, -0.15) is 4.99 Å². The molecule has 0 bridgehead atoms. The largest absolute Gasteiger partial charge is 0.506 e. The van der Waals surface area contributed by atoms with Gasteiger partial charge in [0.15, 0.2) is 0 Å². The predicted octanol–water partition coefficient (Wildman–Crippen LogP) is 4.53. The second-order valence-electron chi connectivity index (χ2n) is 6.22. The first-order chi connectivity index (χ1) is 10.2. The smallest absolute Gasteiger partial charge is 0.235 e. The standard InChI is InChI=1S/C17H20BrNO2/c18-14-10-12-6-2-1-3-7-13(12)15(16(14)21)17(19-11-20)8-4-5-9-17/h10,21H,1-9H2. The Labute approximate surface area is 133 Å². The van der Waals surface area contributed by atoms with Crippen molar-refractivity contribution >= 4 is 22.0 Å². The lowest BCUT2D eigenvalue weighted by molar-refractivity contribution is 0.402. The number of benzene rings is 1. The molecule has 0 radical (unpaired) electrons. The van der Waals surface area contributed by atoms with Crippen LogP contribution >= 0.6 is 15.9 Å². The minimum absolute atomic E-state index is 0.275. The van der Waals surface area contributed by atoms with Gasteiger partial charge in [-0.15, -0.1) is 0 Å². The van der Waals surface area contributed by atoms with E-state index in [2.05, 4.69) is 20.9 Å². The normalized spacial score (nSPS) is 20.4. The van der Waals surface area contributed by atoms with Crippen molar-refractivity contribution in [1.82, 2.24) is 0 Å². The zero-order valence-corrected chi connectivity index (χ0v) is 13.7. The molecule has 112 valence electrons. The van der Waals surface area contributed by atoms with Crippen LogP contribution in [0.4, 0.5) is 0 Å². The van der Waals surface area contributed by atoms with Crippen molar-refractivity contribution in [2.75, 3.05) is 0 Å². The summed E-state index contributed by atoms with van der Waals surface area (Å²) in [5.41, 5.74) is 2.88. The first-order valence-corrected chi connectivity index (χ1v) is 8.60. The number of aromatic hydroxyl groups is 1. The predicted molar refractivity (Wildman–Crippen MR) is 85.3 cm³/mol. The van der Waals surface area contributed by atoms with Crippen LogP contribution in [-0.2, 0) is 23.2 Å². The van der Waals surface area contributed by atoms with Crippen LogP contribution in [0.1, 0.15) is 61.6 Å². The van der Waals surface area contributed by atoms with E-state index >= 15 is 0 Å². The maximum atomic E-state index is 11.0. The van der Waals surface area contributed by atoms with Crippen LogP contribution in [0.3, 0.4) is 0 Å². The summed E-state index contributed by atoms with van der Waals surface area (Å²) in [6.45, 7) is 0. The van der Waals surface area contributed by atoms with E-state index in [0.29, 0.717) is 0 Å². The highest BCUT2D eigenvalue weighted by Gasteiger charge is 2.40. The lowest BCUT2D eigenvalue weighted by Crippen LogP contribution is -2.22. The molecule has 1 aromatic carbocycles. The van der Waals surface area contributed by atoms with Gasteiger partial charge in [-0.05, 0) is 71.6 Å². The average molecular weight is 350 g/mol. The highest BCUT2D eigenvalue weighted by atomic mass is 79.9. The minimum atomic E-state index is -0.552. The van der Waals surface area contributed by atoms with Crippen LogP contribution in [-0.4, -0.2) is 11.2 Å². The molecule has 3 nitrogen and oxygen atoms in total. The number of halogens is 1. The van der Waals surface area contributed by atoms with E-state index in [0.717, 1.165) is 55.0 Å². The summed E-state index contributed by atoms with van der Waals surface area (Å²) in [5, 5.41) is 10.7. The van der Waals surface area contributed by atoms with Gasteiger partial charge in [-0.25, -0.2) is 4.79 Å². The van der Waals surface area contributed by atoms with Crippen molar-refractivity contribution in [2.24, 2.45) is 4.99 Å². The van der Waals surface area contributed by atoms with Gasteiger partial charge in [0.05, 0.1) is 4.47 Å². The molecule has 4 heteroatoms. The number of aryl methyl sites for hydroxylation is 1. The topological polar surface area (TPSA) is 49.7 Å². The third-order valence-corrected chi connectivity index (χ3v) is 5.59. The number of phenolic OH excluding ortho intramolecular Hbond substituents is 1. The Hall–Kier alpha value is -1.12. The van der Waals surface area contributed by atoms with Crippen molar-refractivity contribution in [3.63, 3.8) is 0 Å². The summed E-state index contributed by atoms with van der Waals surface area (Å²) in [6, 6.07) is 2.05. The Bertz CT molecular complexity index is 599. The number of phenols is 1. The van der Waals surface area contributed by atoms with Crippen molar-refractivity contribution in [3.8, 4) is 5.75 Å². The molecule has 1 saturated carbocycles. The van der Waals surface area contributed by atoms with Gasteiger partial charge in [-0.3, -0.25) is 0 Å². The Morgan fingerprint density at radius 3 is 2.57 bits per heavy atom. The highest BCUT2D eigenvalue weighted by Crippen LogP contribution is 2.50. The van der Waals surface area contributed by atoms with E-state index < -0.39 is 5.54 Å². The molecule has 3 rings (SSSR count). The fourth-order valence-corrected chi connectivity index (χ4v) is 4.47. The summed E-state index contributed by atoms with van der Waals surface area (Å²) >= 11 is 3.48. The number of carbonyl (C=O) groups excluding carboxylic acids is 1. The van der Waals surface area contributed by atoms with Crippen molar-refractivity contribution in [2.45, 2.75) is 63.3 Å². The molecule has 1 aromatic rings. The van der Waals surface area contributed by atoms with E-state index in [1.54, 1.807) is 6.08 Å². The summed E-state index contributed by atoms with van der Waals surface area (Å²) in [5.74, 6) is 0.275. The highest BCUT2D eigenvalue weighted by molar-refractivity contribution is 9.10. The number of rotatable bonds is 2. The number of isocyanates is 1. The van der Waals surface area contributed by atoms with E-state index in [9.17, 15) is 9.90 Å². The van der Waals surface area contributed by atoms with E-state index in [1.165, 1.54) is 24.0 Å². The van der Waals surface area contributed by atoms with Gasteiger partial charge >= 0.3 is 0 Å². The van der Waals surface area contributed by atoms with Crippen LogP contribution in [0.2, 0.25) is 0 Å². The third-order valence-electron chi connectivity index (χ3n) is 4.98. The van der Waals surface area contributed by atoms with E-state index in [-0.39, 0.29) is 5.75 Å². The SMILES string of the molecule is O=C=NC1(c2c(O)c(Br)cc3c2CCCCC3)CCCC1. The molecular weight excluding hydrogens is 330 g/mol. The Kier molecular flexibility index (Phi) is 4.19. The van der Waals surface area contributed by atoms with Crippen molar-refractivity contribution < 1.29 is 9.90 Å². The number of hydrogen-bond donors (Lipinski definition) is 1. The quantitative estimate of drug-likeness (QED) is 0.484. The van der Waals surface area contributed by atoms with Gasteiger partial charge in [0, 0.05) is 5.56 Å². The molecule has 21 heavy (non-hydrogen) atoms. The second kappa shape index (κ2) is 5.94. The lowest BCUT2D eigenvalue weighted by atomic mass is 9.81. The van der Waals surface area contributed by atoms with E-state index in [1.807, 2.05) is 6.07 Å². The van der Waals surface area contributed by atoms with Gasteiger partial charge in [0.1, 0.15) is 11.3 Å². The Morgan fingerprint density at radius 2 is 1.86 bits per heavy atom. The molecule has 0 heterocycles. The fourth-order valence-electron chi connectivity index (χ4n) is 4.00. The second-order valence-corrected chi connectivity index (χ2v) is 7.08. The molecule has 0 aliphatic heterocycles. The third kappa shape index (κ3) is 2.56. The summed E-state index contributed by atoms with van der Waals surface area (Å²) in [4.78, 5) is 15.2. The molecule has 0 unspecified atom stereocenters. The van der Waals surface area contributed by atoms with Gasteiger partial charge in [0.2, 0.25) is 6.08 Å². The molecule has 1 N–H and O–H groups in total. The lowest BCUT2D eigenvalue weighted by Gasteiger charge is -2.28. The molecule has 2 aliphatic rings. The maximum absolute atomic E-state index is 11.0. The van der Waals surface area contributed by atoms with Gasteiger partial charge in [0.25, 0.3) is 0 Å². The van der Waals surface area contributed by atoms with Crippen LogP contribution in [0, 0.1) is 0 Å². The molecule has 0 spiro atoms. The van der Waals surface area contributed by atoms with Crippen LogP contribution in [0.15, 0.2) is 15.5 Å². The molecule has 2 aliphatic carbocycles. The zero-order valence-electron chi connectivity index (χ0n) is 12.1. The van der Waals surface area contributed by atoms with Crippen molar-refractivity contribution in [3.05, 3.63) is 27.2 Å². The monoisotopic (exact) mass is 349 g/mol. The van der Waals surface area contributed by atoms with Gasteiger partial charge in [-0.1, -0.05) is 19.3 Å². The maximum Gasteiger partial charge on any atom is 0.235 e. The van der Waals surface area contributed by atoms with Crippen LogP contribution in [0.5, 0.6) is 5.75 Å². The van der Waals surface area contributed by atoms with Crippen LogP contribution < -0.4 is 0 Å². The average Bonchev–Trinajstić information content (AvgIpc) is 2.81. The van der Waals surface area contributed by atoms with Gasteiger partial charge < -0.3 is 5.11 Å². The molecule has 0 aromatic heterocycles. The Morgan fingerprint density at radius 1 is 1.14 bits per heavy atom. The van der Waals surface area contributed by atoms with Crippen molar-refractivity contribution in [1.29, 1.82) is 0 Å². The summed E-state index contributed by atoms with van der Waals surface area (Å²) in [7, 11) is 0. The molecule has 0 saturated heterocycles. The Balaban J connectivity index is 2.25. The number of nitrogens with zero attached hydrogens (tertiary/aromatic N) is 1. The van der Waals surface area contributed by atoms with E-state index in [4.69, 9.17) is 0 Å². The molecule has 0 atom stereocenters. The molecule has 1 fully saturated rings. The molecule has 0 amide bonds. The summed E-state index contributed by atoms with van der Waals surface area (Å²) in [6.07, 6.45) is 11.1. The minimum Gasteiger partial charge on any atom is -0.506 e. The van der Waals surface area contributed by atoms with Crippen LogP contribution in [0.25, 0.3) is 0 Å². The first-order valence-electron chi connectivity index (χ1n) is 7.81.